The first-order valence-corrected chi connectivity index (χ1v) is 10.9. The molecular weight excluding hydrogens is 419 g/mol. The van der Waals surface area contributed by atoms with Crippen molar-refractivity contribution in [1.82, 2.24) is 29.9 Å². The lowest BCUT2D eigenvalue weighted by atomic mass is 10.0. The van der Waals surface area contributed by atoms with Crippen LogP contribution in [0.4, 0.5) is 24.8 Å². The van der Waals surface area contributed by atoms with Crippen molar-refractivity contribution >= 4 is 11.6 Å². The normalized spacial score (nSPS) is 19.5. The molecule has 1 aliphatic carbocycles. The largest absolute Gasteiger partial charge is 0.453 e. The van der Waals surface area contributed by atoms with Crippen molar-refractivity contribution in [3.8, 4) is 5.82 Å². The van der Waals surface area contributed by atoms with Crippen molar-refractivity contribution < 1.29 is 13.2 Å². The fourth-order valence-corrected chi connectivity index (χ4v) is 4.65. The molecule has 0 amide bonds. The third-order valence-corrected chi connectivity index (χ3v) is 6.25. The van der Waals surface area contributed by atoms with Gasteiger partial charge in [-0.25, -0.2) is 0 Å². The number of aromatic nitrogens is 5. The summed E-state index contributed by atoms with van der Waals surface area (Å²) in [4.78, 5) is 6.29. The molecule has 2 aromatic heterocycles. The van der Waals surface area contributed by atoms with Crippen molar-refractivity contribution in [3.63, 3.8) is 0 Å². The Hall–Kier alpha value is -3.01. The van der Waals surface area contributed by atoms with Crippen LogP contribution in [0.2, 0.25) is 0 Å². The highest BCUT2D eigenvalue weighted by Gasteiger charge is 2.37. The zero-order chi connectivity index (χ0) is 22.1. The van der Waals surface area contributed by atoms with Crippen molar-refractivity contribution in [2.45, 2.75) is 50.7 Å². The second kappa shape index (κ2) is 8.50. The van der Waals surface area contributed by atoms with Gasteiger partial charge in [-0.05, 0) is 87.0 Å². The zero-order valence-electron chi connectivity index (χ0n) is 17.5. The molecule has 0 saturated carbocycles. The van der Waals surface area contributed by atoms with E-state index < -0.39 is 12.0 Å². The van der Waals surface area contributed by atoms with E-state index >= 15 is 0 Å². The first-order valence-electron chi connectivity index (χ1n) is 10.9. The van der Waals surface area contributed by atoms with Crippen molar-refractivity contribution in [3.05, 3.63) is 53.5 Å². The van der Waals surface area contributed by atoms with Crippen LogP contribution in [0.5, 0.6) is 0 Å². The Bertz CT molecular complexity index is 1070. The van der Waals surface area contributed by atoms with Crippen LogP contribution in [0.3, 0.4) is 0 Å². The zero-order valence-corrected chi connectivity index (χ0v) is 17.5. The summed E-state index contributed by atoms with van der Waals surface area (Å²) in [6.45, 7) is 2.38. The summed E-state index contributed by atoms with van der Waals surface area (Å²) in [6.07, 6.45) is 3.57. The minimum Gasteiger partial charge on any atom is -0.324 e. The van der Waals surface area contributed by atoms with Crippen molar-refractivity contribution in [2.75, 3.05) is 18.4 Å². The average Bonchev–Trinajstić information content (AvgIpc) is 3.41. The molecule has 1 N–H and O–H groups in total. The highest BCUT2D eigenvalue weighted by Crippen LogP contribution is 2.31. The van der Waals surface area contributed by atoms with Gasteiger partial charge in [0.05, 0.1) is 0 Å². The molecule has 32 heavy (non-hydrogen) atoms. The first-order chi connectivity index (χ1) is 15.5. The molecule has 10 heteroatoms. The van der Waals surface area contributed by atoms with Gasteiger partial charge in [0.2, 0.25) is 5.95 Å². The summed E-state index contributed by atoms with van der Waals surface area (Å²) in [5, 5.41) is 14.2. The Kier molecular flexibility index (Phi) is 5.54. The Balaban J connectivity index is 1.40. The van der Waals surface area contributed by atoms with E-state index in [0.29, 0.717) is 11.7 Å². The molecule has 3 aromatic rings. The molecule has 2 aliphatic rings. The van der Waals surface area contributed by atoms with Gasteiger partial charge >= 0.3 is 6.18 Å². The quantitative estimate of drug-likeness (QED) is 0.611. The number of benzene rings is 1. The van der Waals surface area contributed by atoms with E-state index in [9.17, 15) is 13.2 Å². The van der Waals surface area contributed by atoms with Gasteiger partial charge in [0.25, 0.3) is 5.82 Å². The Labute approximate surface area is 183 Å². The third-order valence-electron chi connectivity index (χ3n) is 6.25. The standard InChI is InChI=1S/C22H24F3N7/c23-22(24,25)20-28-21(32(30-20)19-4-3-11-26-29-19)27-17-8-5-15-6-9-18(10-7-16(15)14-17)31-12-1-2-13-31/h3-5,8,11,14,18H,1-2,6-7,9-10,12-13H2,(H,27,28,30). The lowest BCUT2D eigenvalue weighted by molar-refractivity contribution is -0.144. The molecule has 1 saturated heterocycles. The maximum atomic E-state index is 13.3. The number of hydrogen-bond acceptors (Lipinski definition) is 6. The summed E-state index contributed by atoms with van der Waals surface area (Å²) in [5.41, 5.74) is 3.22. The monoisotopic (exact) mass is 443 g/mol. The smallest absolute Gasteiger partial charge is 0.324 e. The topological polar surface area (TPSA) is 71.8 Å². The van der Waals surface area contributed by atoms with Gasteiger partial charge in [0.1, 0.15) is 0 Å². The van der Waals surface area contributed by atoms with Crippen LogP contribution in [0.1, 0.15) is 42.6 Å². The molecule has 5 rings (SSSR count). The predicted molar refractivity (Wildman–Crippen MR) is 113 cm³/mol. The molecule has 1 unspecified atom stereocenters. The van der Waals surface area contributed by atoms with E-state index in [0.717, 1.165) is 30.4 Å². The van der Waals surface area contributed by atoms with E-state index in [2.05, 4.69) is 36.6 Å². The summed E-state index contributed by atoms with van der Waals surface area (Å²) in [6, 6.07) is 9.69. The van der Waals surface area contributed by atoms with Gasteiger partial charge in [0.15, 0.2) is 5.82 Å². The molecule has 1 fully saturated rings. The van der Waals surface area contributed by atoms with Gasteiger partial charge in [0, 0.05) is 17.9 Å². The number of halogens is 3. The SMILES string of the molecule is FC(F)(F)c1nc(Nc2ccc3c(c2)CCC(N2CCCC2)CC3)n(-c2cccnn2)n1. The van der Waals surface area contributed by atoms with Crippen LogP contribution in [0.15, 0.2) is 36.5 Å². The molecule has 1 aliphatic heterocycles. The van der Waals surface area contributed by atoms with Gasteiger partial charge in [-0.2, -0.15) is 27.9 Å². The second-order valence-electron chi connectivity index (χ2n) is 8.33. The van der Waals surface area contributed by atoms with Crippen LogP contribution < -0.4 is 5.32 Å². The Morgan fingerprint density at radius 1 is 1.00 bits per heavy atom. The fraction of sp³-hybridized carbons (Fsp3) is 0.455. The number of fused-ring (bicyclic) bond motifs is 1. The van der Waals surface area contributed by atoms with Crippen molar-refractivity contribution in [1.29, 1.82) is 0 Å². The number of hydrogen-bond donors (Lipinski definition) is 1. The van der Waals surface area contributed by atoms with Crippen LogP contribution in [0, 0.1) is 0 Å². The number of nitrogens with one attached hydrogen (secondary N) is 1. The third kappa shape index (κ3) is 4.32. The molecular formula is C22H24F3N7. The number of rotatable bonds is 4. The number of aryl methyl sites for hydroxylation is 2. The number of anilines is 2. The fourth-order valence-electron chi connectivity index (χ4n) is 4.65. The Morgan fingerprint density at radius 3 is 2.50 bits per heavy atom. The first kappa shape index (κ1) is 20.9. The van der Waals surface area contributed by atoms with Gasteiger partial charge in [-0.3, -0.25) is 0 Å². The van der Waals surface area contributed by atoms with Crippen LogP contribution in [-0.4, -0.2) is 49.0 Å². The average molecular weight is 443 g/mol. The lowest BCUT2D eigenvalue weighted by Gasteiger charge is -2.25. The second-order valence-corrected chi connectivity index (χ2v) is 8.33. The molecule has 0 radical (unpaired) electrons. The Morgan fingerprint density at radius 2 is 1.78 bits per heavy atom. The summed E-state index contributed by atoms with van der Waals surface area (Å²) in [5.74, 6) is -1.13. The highest BCUT2D eigenvalue weighted by atomic mass is 19.4. The van der Waals surface area contributed by atoms with E-state index in [1.807, 2.05) is 12.1 Å². The number of alkyl halides is 3. The maximum absolute atomic E-state index is 13.3. The molecule has 1 aromatic carbocycles. The molecule has 168 valence electrons. The minimum absolute atomic E-state index is 0.0543. The van der Waals surface area contributed by atoms with E-state index in [-0.39, 0.29) is 11.8 Å². The highest BCUT2D eigenvalue weighted by molar-refractivity contribution is 5.57. The molecule has 3 heterocycles. The van der Waals surface area contributed by atoms with Crippen molar-refractivity contribution in [2.24, 2.45) is 0 Å². The molecule has 0 bridgehead atoms. The predicted octanol–water partition coefficient (Wildman–Crippen LogP) is 4.16. The summed E-state index contributed by atoms with van der Waals surface area (Å²) >= 11 is 0. The van der Waals surface area contributed by atoms with Gasteiger partial charge in [-0.15, -0.1) is 10.2 Å². The summed E-state index contributed by atoms with van der Waals surface area (Å²) in [7, 11) is 0. The maximum Gasteiger partial charge on any atom is 0.453 e. The minimum atomic E-state index is -4.66. The number of nitrogens with zero attached hydrogens (tertiary/aromatic N) is 6. The molecule has 0 spiro atoms. The van der Waals surface area contributed by atoms with E-state index in [1.165, 1.54) is 49.3 Å². The van der Waals surface area contributed by atoms with Crippen LogP contribution in [-0.2, 0) is 19.0 Å². The number of likely N-dealkylation sites (tertiary alicyclic amines) is 1. The van der Waals surface area contributed by atoms with Crippen LogP contribution in [0.25, 0.3) is 5.82 Å². The molecule has 7 nitrogen and oxygen atoms in total. The lowest BCUT2D eigenvalue weighted by Crippen LogP contribution is -2.32. The van der Waals surface area contributed by atoms with Gasteiger partial charge in [-0.1, -0.05) is 6.07 Å². The summed E-state index contributed by atoms with van der Waals surface area (Å²) < 4.78 is 40.8. The van der Waals surface area contributed by atoms with Gasteiger partial charge < -0.3 is 10.2 Å². The van der Waals surface area contributed by atoms with Crippen LogP contribution >= 0.6 is 0 Å². The van der Waals surface area contributed by atoms with E-state index in [4.69, 9.17) is 0 Å². The van der Waals surface area contributed by atoms with E-state index in [1.54, 1.807) is 6.07 Å². The molecule has 1 atom stereocenters.